The van der Waals surface area contributed by atoms with Gasteiger partial charge in [0.05, 0.1) is 5.92 Å². The van der Waals surface area contributed by atoms with E-state index in [4.69, 9.17) is 5.73 Å². The van der Waals surface area contributed by atoms with Crippen molar-refractivity contribution in [1.82, 2.24) is 10.2 Å². The molecule has 2 atom stereocenters. The largest absolute Gasteiger partial charge is 0.353 e. The van der Waals surface area contributed by atoms with Crippen LogP contribution in [-0.4, -0.2) is 36.0 Å². The van der Waals surface area contributed by atoms with Crippen molar-refractivity contribution in [3.05, 3.63) is 34.9 Å². The maximum atomic E-state index is 12.4. The lowest BCUT2D eigenvalue weighted by Gasteiger charge is -2.31. The molecule has 3 N–H and O–H groups in total. The summed E-state index contributed by atoms with van der Waals surface area (Å²) in [6.07, 6.45) is 2.45. The van der Waals surface area contributed by atoms with Crippen LogP contribution in [0.3, 0.4) is 0 Å². The first-order valence-corrected chi connectivity index (χ1v) is 8.27. The van der Waals surface area contributed by atoms with Gasteiger partial charge in [-0.3, -0.25) is 4.79 Å². The highest BCUT2D eigenvalue weighted by Gasteiger charge is 2.28. The maximum absolute atomic E-state index is 12.4. The lowest BCUT2D eigenvalue weighted by atomic mass is 9.96. The molecule has 1 heterocycles. The number of benzene rings is 1. The minimum atomic E-state index is -0.439. The van der Waals surface area contributed by atoms with Crippen LogP contribution < -0.4 is 11.1 Å². The number of aryl methyl sites for hydroxylation is 2. The lowest BCUT2D eigenvalue weighted by Crippen LogP contribution is -2.48. The third-order valence-corrected chi connectivity index (χ3v) is 4.52. The lowest BCUT2D eigenvalue weighted by molar-refractivity contribution is -0.126. The van der Waals surface area contributed by atoms with Crippen LogP contribution in [0.2, 0.25) is 0 Å². The summed E-state index contributed by atoms with van der Waals surface area (Å²) in [4.78, 5) is 25.2. The number of carbonyl (C=O) groups is 2. The van der Waals surface area contributed by atoms with Crippen molar-refractivity contribution in [1.29, 1.82) is 0 Å². The van der Waals surface area contributed by atoms with Crippen LogP contribution in [0.5, 0.6) is 0 Å². The van der Waals surface area contributed by atoms with Crippen molar-refractivity contribution >= 4 is 11.9 Å². The zero-order valence-corrected chi connectivity index (χ0v) is 14.3. The number of likely N-dealkylation sites (tertiary alicyclic amines) is 1. The van der Waals surface area contributed by atoms with Crippen LogP contribution in [-0.2, 0) is 11.2 Å². The Bertz CT molecular complexity index is 586. The van der Waals surface area contributed by atoms with Gasteiger partial charge in [0.15, 0.2) is 0 Å². The number of carbonyl (C=O) groups excluding carboxylic acids is 2. The summed E-state index contributed by atoms with van der Waals surface area (Å²) in [5.74, 6) is -0.133. The Balaban J connectivity index is 1.90. The Morgan fingerprint density at radius 1 is 1.39 bits per heavy atom. The molecule has 0 aliphatic carbocycles. The molecule has 1 fully saturated rings. The Morgan fingerprint density at radius 2 is 2.13 bits per heavy atom. The van der Waals surface area contributed by atoms with Gasteiger partial charge in [-0.2, -0.15) is 0 Å². The maximum Gasteiger partial charge on any atom is 0.314 e. The average Bonchev–Trinajstić information content (AvgIpc) is 2.50. The first-order valence-electron chi connectivity index (χ1n) is 8.27. The monoisotopic (exact) mass is 317 g/mol. The van der Waals surface area contributed by atoms with Gasteiger partial charge in [-0.25, -0.2) is 4.79 Å². The Morgan fingerprint density at radius 3 is 2.78 bits per heavy atom. The number of amides is 3. The molecule has 0 radical (unpaired) electrons. The van der Waals surface area contributed by atoms with Crippen LogP contribution in [0, 0.1) is 19.8 Å². The normalized spacial score (nSPS) is 19.3. The van der Waals surface area contributed by atoms with Gasteiger partial charge in [0, 0.05) is 19.1 Å². The minimum absolute atomic E-state index is 0.0215. The molecule has 0 aromatic heterocycles. The number of nitrogens with zero attached hydrogens (tertiary/aromatic N) is 1. The van der Waals surface area contributed by atoms with Crippen molar-refractivity contribution in [2.24, 2.45) is 11.7 Å². The van der Waals surface area contributed by atoms with Gasteiger partial charge in [0.1, 0.15) is 0 Å². The molecule has 1 aromatic carbocycles. The van der Waals surface area contributed by atoms with E-state index in [0.29, 0.717) is 13.1 Å². The van der Waals surface area contributed by atoms with Crippen LogP contribution >= 0.6 is 0 Å². The number of hydrogen-bond acceptors (Lipinski definition) is 2. The number of piperidine rings is 1. The van der Waals surface area contributed by atoms with Gasteiger partial charge < -0.3 is 16.0 Å². The van der Waals surface area contributed by atoms with E-state index in [1.54, 1.807) is 4.90 Å². The predicted octanol–water partition coefficient (Wildman–Crippen LogP) is 2.14. The molecule has 5 nitrogen and oxygen atoms in total. The third-order valence-electron chi connectivity index (χ3n) is 4.52. The van der Waals surface area contributed by atoms with E-state index >= 15 is 0 Å². The molecular formula is C18H27N3O2. The second kappa shape index (κ2) is 7.49. The second-order valence-corrected chi connectivity index (χ2v) is 6.67. The molecule has 5 heteroatoms. The quantitative estimate of drug-likeness (QED) is 0.892. The molecule has 2 unspecified atom stereocenters. The highest BCUT2D eigenvalue weighted by molar-refractivity contribution is 5.80. The number of rotatable bonds is 4. The number of primary amides is 1. The SMILES string of the molecule is Cc1ccc(CC(C)NC(=O)C2CCCN(C(N)=O)C2)c(C)c1. The van der Waals surface area contributed by atoms with E-state index < -0.39 is 6.03 Å². The number of hydrogen-bond donors (Lipinski definition) is 2. The Kier molecular flexibility index (Phi) is 5.64. The van der Waals surface area contributed by atoms with Crippen LogP contribution in [0.25, 0.3) is 0 Å². The van der Waals surface area contributed by atoms with Gasteiger partial charge in [0.25, 0.3) is 0 Å². The van der Waals surface area contributed by atoms with E-state index in [-0.39, 0.29) is 17.9 Å². The van der Waals surface area contributed by atoms with Crippen molar-refractivity contribution in [2.75, 3.05) is 13.1 Å². The Hall–Kier alpha value is -2.04. The van der Waals surface area contributed by atoms with Crippen LogP contribution in [0.15, 0.2) is 18.2 Å². The molecule has 0 spiro atoms. The molecule has 3 amide bonds. The summed E-state index contributed by atoms with van der Waals surface area (Å²) in [5.41, 5.74) is 9.07. The molecule has 23 heavy (non-hydrogen) atoms. The van der Waals surface area contributed by atoms with Gasteiger partial charge in [0.2, 0.25) is 5.91 Å². The molecule has 1 aliphatic rings. The Labute approximate surface area is 138 Å². The first kappa shape index (κ1) is 17.3. The average molecular weight is 317 g/mol. The van der Waals surface area contributed by atoms with Gasteiger partial charge in [-0.05, 0) is 51.2 Å². The topological polar surface area (TPSA) is 75.4 Å². The van der Waals surface area contributed by atoms with Gasteiger partial charge >= 0.3 is 6.03 Å². The first-order chi connectivity index (χ1) is 10.9. The summed E-state index contributed by atoms with van der Waals surface area (Å²) in [7, 11) is 0. The van der Waals surface area contributed by atoms with Crippen LogP contribution in [0.4, 0.5) is 4.79 Å². The molecule has 1 saturated heterocycles. The minimum Gasteiger partial charge on any atom is -0.353 e. The molecule has 0 bridgehead atoms. The van der Waals surface area contributed by atoms with E-state index in [2.05, 4.69) is 37.4 Å². The van der Waals surface area contributed by atoms with Gasteiger partial charge in [-0.15, -0.1) is 0 Å². The van der Waals surface area contributed by atoms with E-state index in [1.807, 2.05) is 6.92 Å². The second-order valence-electron chi connectivity index (χ2n) is 6.67. The van der Waals surface area contributed by atoms with Crippen molar-refractivity contribution in [2.45, 2.75) is 46.1 Å². The van der Waals surface area contributed by atoms with Crippen molar-refractivity contribution < 1.29 is 9.59 Å². The molecule has 1 aromatic rings. The van der Waals surface area contributed by atoms with Crippen molar-refractivity contribution in [3.8, 4) is 0 Å². The van der Waals surface area contributed by atoms with E-state index in [0.717, 1.165) is 19.3 Å². The fraction of sp³-hybridized carbons (Fsp3) is 0.556. The highest BCUT2D eigenvalue weighted by Crippen LogP contribution is 2.17. The molecule has 0 saturated carbocycles. The number of urea groups is 1. The molecule has 1 aliphatic heterocycles. The molecule has 2 rings (SSSR count). The summed E-state index contributed by atoms with van der Waals surface area (Å²) in [6, 6.07) is 6.01. The standard InChI is InChI=1S/C18H27N3O2/c1-12-6-7-15(13(2)9-12)10-14(3)20-17(22)16-5-4-8-21(11-16)18(19)23/h6-7,9,14,16H,4-5,8,10-11H2,1-3H3,(H2,19,23)(H,20,22). The van der Waals surface area contributed by atoms with Gasteiger partial charge in [-0.1, -0.05) is 23.8 Å². The predicted molar refractivity (Wildman–Crippen MR) is 91.1 cm³/mol. The summed E-state index contributed by atoms with van der Waals surface area (Å²) >= 11 is 0. The smallest absolute Gasteiger partial charge is 0.314 e. The summed E-state index contributed by atoms with van der Waals surface area (Å²) < 4.78 is 0. The number of nitrogens with two attached hydrogens (primary N) is 1. The fourth-order valence-electron chi connectivity index (χ4n) is 3.21. The van der Waals surface area contributed by atoms with E-state index in [1.165, 1.54) is 16.7 Å². The summed E-state index contributed by atoms with van der Waals surface area (Å²) in [6.45, 7) is 7.28. The zero-order chi connectivity index (χ0) is 17.0. The fourth-order valence-corrected chi connectivity index (χ4v) is 3.21. The summed E-state index contributed by atoms with van der Waals surface area (Å²) in [5, 5.41) is 3.08. The highest BCUT2D eigenvalue weighted by atomic mass is 16.2. The van der Waals surface area contributed by atoms with E-state index in [9.17, 15) is 9.59 Å². The van der Waals surface area contributed by atoms with Crippen LogP contribution in [0.1, 0.15) is 36.5 Å². The third kappa shape index (κ3) is 4.71. The molecular weight excluding hydrogens is 290 g/mol. The zero-order valence-electron chi connectivity index (χ0n) is 14.3. The number of nitrogens with one attached hydrogen (secondary N) is 1. The van der Waals surface area contributed by atoms with Crippen molar-refractivity contribution in [3.63, 3.8) is 0 Å². The molecule has 126 valence electrons.